The molecule has 0 unspecified atom stereocenters. The number of benzene rings is 2. The molecule has 6 nitrogen and oxygen atoms in total. The molecule has 0 saturated carbocycles. The van der Waals surface area contributed by atoms with Crippen LogP contribution in [0.5, 0.6) is 0 Å². The molecule has 8 heteroatoms. The van der Waals surface area contributed by atoms with Crippen LogP contribution in [-0.4, -0.2) is 23.2 Å². The predicted molar refractivity (Wildman–Crippen MR) is 92.6 cm³/mol. The van der Waals surface area contributed by atoms with E-state index >= 15 is 0 Å². The van der Waals surface area contributed by atoms with Gasteiger partial charge in [0.1, 0.15) is 6.33 Å². The molecule has 0 aliphatic carbocycles. The molecule has 0 radical (unpaired) electrons. The van der Waals surface area contributed by atoms with E-state index in [1.807, 2.05) is 25.1 Å². The number of nitrogens with one attached hydrogen (secondary N) is 1. The molecule has 3 rings (SSSR count). The molecule has 3 aromatic rings. The summed E-state index contributed by atoms with van der Waals surface area (Å²) in [4.78, 5) is 4.16. The third-order valence-corrected chi connectivity index (χ3v) is 4.91. The van der Waals surface area contributed by atoms with Crippen molar-refractivity contribution in [3.8, 4) is 0 Å². The van der Waals surface area contributed by atoms with Gasteiger partial charge in [-0.2, -0.15) is 4.98 Å². The Morgan fingerprint density at radius 3 is 2.62 bits per heavy atom. The molecule has 0 atom stereocenters. The molecule has 0 bridgehead atoms. The molecule has 24 heavy (non-hydrogen) atoms. The van der Waals surface area contributed by atoms with Crippen LogP contribution in [0.2, 0.25) is 5.02 Å². The summed E-state index contributed by atoms with van der Waals surface area (Å²) in [6.45, 7) is 2.34. The minimum Gasteiger partial charge on any atom is -0.246 e. The van der Waals surface area contributed by atoms with Gasteiger partial charge in [0, 0.05) is 5.02 Å². The van der Waals surface area contributed by atoms with Gasteiger partial charge in [0.05, 0.1) is 11.4 Å². The van der Waals surface area contributed by atoms with Gasteiger partial charge in [-0.15, -0.1) is 5.10 Å². The zero-order valence-corrected chi connectivity index (χ0v) is 14.4. The minimum atomic E-state index is -3.71. The Morgan fingerprint density at radius 1 is 1.17 bits per heavy atom. The van der Waals surface area contributed by atoms with Crippen molar-refractivity contribution in [3.05, 3.63) is 71.0 Å². The van der Waals surface area contributed by atoms with Crippen molar-refractivity contribution in [2.24, 2.45) is 0 Å². The lowest BCUT2D eigenvalue weighted by Gasteiger charge is -2.05. The van der Waals surface area contributed by atoms with Crippen molar-refractivity contribution in [2.45, 2.75) is 18.4 Å². The Hall–Kier alpha value is -2.38. The number of hydrogen-bond donors (Lipinski definition) is 1. The number of halogens is 1. The third kappa shape index (κ3) is 3.93. The summed E-state index contributed by atoms with van der Waals surface area (Å²) in [5, 5.41) is 4.77. The van der Waals surface area contributed by atoms with E-state index in [1.165, 1.54) is 6.33 Å². The molecular formula is C16H15ClN4O2S. The van der Waals surface area contributed by atoms with Crippen LogP contribution in [0.1, 0.15) is 11.1 Å². The highest BCUT2D eigenvalue weighted by Crippen LogP contribution is 2.15. The summed E-state index contributed by atoms with van der Waals surface area (Å²) in [7, 11) is -3.71. The topological polar surface area (TPSA) is 76.9 Å². The van der Waals surface area contributed by atoms with Gasteiger partial charge in [-0.1, -0.05) is 41.4 Å². The second-order valence-corrected chi connectivity index (χ2v) is 7.43. The molecule has 0 fully saturated rings. The van der Waals surface area contributed by atoms with Crippen LogP contribution in [-0.2, 0) is 16.6 Å². The van der Waals surface area contributed by atoms with Crippen molar-refractivity contribution in [1.29, 1.82) is 0 Å². The van der Waals surface area contributed by atoms with Gasteiger partial charge in [0.15, 0.2) is 0 Å². The zero-order valence-electron chi connectivity index (χ0n) is 12.8. The van der Waals surface area contributed by atoms with E-state index in [9.17, 15) is 8.42 Å². The molecule has 0 spiro atoms. The summed E-state index contributed by atoms with van der Waals surface area (Å²) in [6, 6.07) is 13.9. The number of anilines is 1. The maximum absolute atomic E-state index is 12.3. The maximum atomic E-state index is 12.3. The lowest BCUT2D eigenvalue weighted by atomic mass is 10.2. The highest BCUT2D eigenvalue weighted by atomic mass is 35.5. The first-order valence-corrected chi connectivity index (χ1v) is 9.02. The molecule has 124 valence electrons. The quantitative estimate of drug-likeness (QED) is 0.756. The highest BCUT2D eigenvalue weighted by Gasteiger charge is 2.16. The number of sulfonamides is 1. The molecule has 0 aliphatic heterocycles. The fourth-order valence-electron chi connectivity index (χ4n) is 2.14. The number of nitrogens with zero attached hydrogens (tertiary/aromatic N) is 3. The largest absolute Gasteiger partial charge is 0.264 e. The Morgan fingerprint density at radius 2 is 1.92 bits per heavy atom. The highest BCUT2D eigenvalue weighted by molar-refractivity contribution is 7.92. The number of aromatic nitrogens is 3. The third-order valence-electron chi connectivity index (χ3n) is 3.33. The smallest absolute Gasteiger partial charge is 0.246 e. The van der Waals surface area contributed by atoms with Crippen LogP contribution >= 0.6 is 11.6 Å². The van der Waals surface area contributed by atoms with E-state index in [2.05, 4.69) is 14.8 Å². The van der Waals surface area contributed by atoms with E-state index in [1.54, 1.807) is 35.0 Å². The number of hydrogen-bond acceptors (Lipinski definition) is 4. The van der Waals surface area contributed by atoms with Gasteiger partial charge < -0.3 is 0 Å². The second kappa shape index (κ2) is 6.62. The summed E-state index contributed by atoms with van der Waals surface area (Å²) in [6.07, 6.45) is 1.47. The van der Waals surface area contributed by atoms with Crippen molar-refractivity contribution in [2.75, 3.05) is 4.72 Å². The number of aryl methyl sites for hydroxylation is 1. The Balaban J connectivity index is 1.75. The average Bonchev–Trinajstić information content (AvgIpc) is 2.94. The fourth-order valence-corrected chi connectivity index (χ4v) is 3.30. The van der Waals surface area contributed by atoms with Crippen LogP contribution in [0.15, 0.2) is 59.8 Å². The Bertz CT molecular complexity index is 952. The van der Waals surface area contributed by atoms with Crippen LogP contribution in [0.25, 0.3) is 0 Å². The van der Waals surface area contributed by atoms with E-state index in [0.717, 1.165) is 11.1 Å². The van der Waals surface area contributed by atoms with Crippen LogP contribution in [0, 0.1) is 6.92 Å². The van der Waals surface area contributed by atoms with Gasteiger partial charge >= 0.3 is 0 Å². The molecule has 0 aliphatic rings. The summed E-state index contributed by atoms with van der Waals surface area (Å²) in [5.74, 6) is 0.0256. The van der Waals surface area contributed by atoms with E-state index in [0.29, 0.717) is 11.6 Å². The fraction of sp³-hybridized carbons (Fsp3) is 0.125. The SMILES string of the molecule is Cc1ccc(S(=O)(=O)Nc2ncn(Cc3cccc(Cl)c3)n2)cc1. The monoisotopic (exact) mass is 362 g/mol. The molecule has 2 aromatic carbocycles. The lowest BCUT2D eigenvalue weighted by molar-refractivity contribution is 0.600. The molecular weight excluding hydrogens is 348 g/mol. The van der Waals surface area contributed by atoms with E-state index in [4.69, 9.17) is 11.6 Å². The minimum absolute atomic E-state index is 0.0256. The first kappa shape index (κ1) is 16.5. The van der Waals surface area contributed by atoms with E-state index in [-0.39, 0.29) is 10.8 Å². The molecule has 1 N–H and O–H groups in total. The van der Waals surface area contributed by atoms with Gasteiger partial charge in [0.25, 0.3) is 16.0 Å². The molecule has 0 saturated heterocycles. The summed E-state index contributed by atoms with van der Waals surface area (Å²) in [5.41, 5.74) is 1.93. The van der Waals surface area contributed by atoms with Gasteiger partial charge in [0.2, 0.25) is 0 Å². The van der Waals surface area contributed by atoms with Gasteiger partial charge in [-0.05, 0) is 36.8 Å². The second-order valence-electron chi connectivity index (χ2n) is 5.31. The summed E-state index contributed by atoms with van der Waals surface area (Å²) >= 11 is 5.95. The molecule has 1 aromatic heterocycles. The number of rotatable bonds is 5. The normalized spacial score (nSPS) is 11.4. The van der Waals surface area contributed by atoms with Crippen molar-refractivity contribution < 1.29 is 8.42 Å². The van der Waals surface area contributed by atoms with Gasteiger partial charge in [-0.3, -0.25) is 0 Å². The van der Waals surface area contributed by atoms with Gasteiger partial charge in [-0.25, -0.2) is 17.8 Å². The van der Waals surface area contributed by atoms with Crippen LogP contribution < -0.4 is 4.72 Å². The molecule has 0 amide bonds. The van der Waals surface area contributed by atoms with Crippen molar-refractivity contribution in [1.82, 2.24) is 14.8 Å². The predicted octanol–water partition coefficient (Wildman–Crippen LogP) is 3.09. The van der Waals surface area contributed by atoms with E-state index < -0.39 is 10.0 Å². The first-order chi connectivity index (χ1) is 11.4. The van der Waals surface area contributed by atoms with Crippen molar-refractivity contribution in [3.63, 3.8) is 0 Å². The van der Waals surface area contributed by atoms with Crippen LogP contribution in [0.4, 0.5) is 5.95 Å². The Kier molecular flexibility index (Phi) is 4.55. The first-order valence-electron chi connectivity index (χ1n) is 7.16. The standard InChI is InChI=1S/C16H15ClN4O2S/c1-12-5-7-15(8-6-12)24(22,23)20-16-18-11-21(19-16)10-13-3-2-4-14(17)9-13/h2-9,11H,10H2,1H3,(H,19,20). The van der Waals surface area contributed by atoms with Crippen molar-refractivity contribution >= 4 is 27.6 Å². The Labute approximate surface area is 145 Å². The zero-order chi connectivity index (χ0) is 17.2. The summed E-state index contributed by atoms with van der Waals surface area (Å²) < 4.78 is 28.5. The lowest BCUT2D eigenvalue weighted by Crippen LogP contribution is -2.14. The van der Waals surface area contributed by atoms with Crippen LogP contribution in [0.3, 0.4) is 0 Å². The average molecular weight is 363 g/mol. The molecule has 1 heterocycles. The maximum Gasteiger partial charge on any atom is 0.264 e.